The Kier molecular flexibility index (Phi) is 3.63. The number of nitrogens with one attached hydrogen (secondary N) is 1. The number of piperidine rings is 1. The highest BCUT2D eigenvalue weighted by Gasteiger charge is 2.19. The van der Waals surface area contributed by atoms with E-state index in [1.54, 1.807) is 16.9 Å². The molecule has 1 saturated heterocycles. The van der Waals surface area contributed by atoms with Crippen LogP contribution < -0.4 is 10.2 Å². The Morgan fingerprint density at radius 3 is 2.96 bits per heavy atom. The SMILES string of the molecule is CN(c1cncc(-c2cnc3ccnn3c2)n1)C1CCNCC1. The lowest BCUT2D eigenvalue weighted by molar-refractivity contribution is 0.441. The summed E-state index contributed by atoms with van der Waals surface area (Å²) in [5.41, 5.74) is 2.55. The molecule has 0 aliphatic carbocycles. The molecule has 0 spiro atoms. The first-order valence-electron chi connectivity index (χ1n) is 7.86. The number of hydrogen-bond donors (Lipinski definition) is 1. The zero-order valence-electron chi connectivity index (χ0n) is 13.1. The average molecular weight is 309 g/mol. The molecule has 1 fully saturated rings. The minimum atomic E-state index is 0.507. The maximum atomic E-state index is 4.77. The highest BCUT2D eigenvalue weighted by Crippen LogP contribution is 2.21. The lowest BCUT2D eigenvalue weighted by atomic mass is 10.1. The maximum Gasteiger partial charge on any atom is 0.154 e. The predicted molar refractivity (Wildman–Crippen MR) is 88.3 cm³/mol. The summed E-state index contributed by atoms with van der Waals surface area (Å²) in [6.07, 6.45) is 11.3. The number of aromatic nitrogens is 5. The van der Waals surface area contributed by atoms with Crippen LogP contribution in [0.3, 0.4) is 0 Å². The fourth-order valence-corrected chi connectivity index (χ4v) is 2.99. The molecule has 4 heterocycles. The Morgan fingerprint density at radius 2 is 2.09 bits per heavy atom. The van der Waals surface area contributed by atoms with Gasteiger partial charge >= 0.3 is 0 Å². The third-order valence-corrected chi connectivity index (χ3v) is 4.38. The number of rotatable bonds is 3. The van der Waals surface area contributed by atoms with Gasteiger partial charge < -0.3 is 10.2 Å². The van der Waals surface area contributed by atoms with E-state index in [0.29, 0.717) is 6.04 Å². The van der Waals surface area contributed by atoms with Gasteiger partial charge in [0.25, 0.3) is 0 Å². The predicted octanol–water partition coefficient (Wildman–Crippen LogP) is 1.37. The van der Waals surface area contributed by atoms with E-state index in [2.05, 4.69) is 32.3 Å². The zero-order chi connectivity index (χ0) is 15.6. The van der Waals surface area contributed by atoms with Gasteiger partial charge in [-0.05, 0) is 25.9 Å². The Bertz CT molecular complexity index is 807. The molecule has 1 aliphatic heterocycles. The van der Waals surface area contributed by atoms with Crippen molar-refractivity contribution in [2.24, 2.45) is 0 Å². The van der Waals surface area contributed by atoms with E-state index in [1.165, 1.54) is 0 Å². The summed E-state index contributed by atoms with van der Waals surface area (Å²) in [6, 6.07) is 2.38. The molecule has 0 radical (unpaired) electrons. The molecule has 23 heavy (non-hydrogen) atoms. The topological polar surface area (TPSA) is 71.2 Å². The first-order chi connectivity index (χ1) is 11.3. The van der Waals surface area contributed by atoms with Crippen LogP contribution in [0.1, 0.15) is 12.8 Å². The highest BCUT2D eigenvalue weighted by atomic mass is 15.2. The van der Waals surface area contributed by atoms with Gasteiger partial charge in [0.15, 0.2) is 5.65 Å². The molecule has 0 bridgehead atoms. The fraction of sp³-hybridized carbons (Fsp3) is 0.375. The van der Waals surface area contributed by atoms with E-state index >= 15 is 0 Å². The standard InChI is InChI=1S/C16H19N7/c1-22(13-2-5-17-6-3-13)16-10-18-9-14(21-16)12-8-19-15-4-7-20-23(15)11-12/h4,7-11,13,17H,2-3,5-6H2,1H3. The normalized spacial score (nSPS) is 15.9. The molecular weight excluding hydrogens is 290 g/mol. The van der Waals surface area contributed by atoms with Crippen LogP contribution in [0, 0.1) is 0 Å². The Hall–Kier alpha value is -2.54. The Balaban J connectivity index is 1.64. The van der Waals surface area contributed by atoms with Crippen molar-refractivity contribution in [2.45, 2.75) is 18.9 Å². The van der Waals surface area contributed by atoms with Gasteiger partial charge in [-0.15, -0.1) is 0 Å². The van der Waals surface area contributed by atoms with Gasteiger partial charge in [0.05, 0.1) is 24.3 Å². The minimum absolute atomic E-state index is 0.507. The van der Waals surface area contributed by atoms with E-state index in [4.69, 9.17) is 4.98 Å². The van der Waals surface area contributed by atoms with Crippen molar-refractivity contribution in [3.05, 3.63) is 37.1 Å². The van der Waals surface area contributed by atoms with Crippen molar-refractivity contribution in [2.75, 3.05) is 25.0 Å². The summed E-state index contributed by atoms with van der Waals surface area (Å²) in [5.74, 6) is 0.898. The molecule has 0 atom stereocenters. The lowest BCUT2D eigenvalue weighted by Gasteiger charge is -2.32. The third kappa shape index (κ3) is 2.75. The molecule has 0 saturated carbocycles. The van der Waals surface area contributed by atoms with Gasteiger partial charge in [-0.2, -0.15) is 5.10 Å². The molecule has 7 nitrogen and oxygen atoms in total. The van der Waals surface area contributed by atoms with Crippen LogP contribution in [0.2, 0.25) is 0 Å². The summed E-state index contributed by atoms with van der Waals surface area (Å²) in [4.78, 5) is 15.8. The summed E-state index contributed by atoms with van der Waals surface area (Å²) in [5, 5.41) is 7.62. The first kappa shape index (κ1) is 14.1. The van der Waals surface area contributed by atoms with Crippen LogP contribution in [0.15, 0.2) is 37.1 Å². The summed E-state index contributed by atoms with van der Waals surface area (Å²) in [6.45, 7) is 2.12. The number of fused-ring (bicyclic) bond motifs is 1. The second-order valence-corrected chi connectivity index (χ2v) is 5.83. The average Bonchev–Trinajstić information content (AvgIpc) is 3.09. The van der Waals surface area contributed by atoms with Gasteiger partial charge in [-0.1, -0.05) is 0 Å². The fourth-order valence-electron chi connectivity index (χ4n) is 2.99. The Labute approximate surface area is 134 Å². The first-order valence-corrected chi connectivity index (χ1v) is 7.86. The summed E-state index contributed by atoms with van der Waals surface area (Å²) in [7, 11) is 2.10. The molecule has 118 valence electrons. The minimum Gasteiger partial charge on any atom is -0.355 e. The van der Waals surface area contributed by atoms with Crippen molar-refractivity contribution in [3.63, 3.8) is 0 Å². The van der Waals surface area contributed by atoms with Gasteiger partial charge in [-0.25, -0.2) is 14.5 Å². The summed E-state index contributed by atoms with van der Waals surface area (Å²) >= 11 is 0. The lowest BCUT2D eigenvalue weighted by Crippen LogP contribution is -2.41. The van der Waals surface area contributed by atoms with Crippen molar-refractivity contribution in [1.29, 1.82) is 0 Å². The van der Waals surface area contributed by atoms with Crippen LogP contribution >= 0.6 is 0 Å². The molecule has 7 heteroatoms. The molecule has 0 aromatic carbocycles. The van der Waals surface area contributed by atoms with Crippen molar-refractivity contribution in [3.8, 4) is 11.3 Å². The molecule has 1 aliphatic rings. The van der Waals surface area contributed by atoms with Crippen molar-refractivity contribution < 1.29 is 0 Å². The van der Waals surface area contributed by atoms with Crippen LogP contribution in [-0.4, -0.2) is 50.7 Å². The van der Waals surface area contributed by atoms with Gasteiger partial charge in [0.2, 0.25) is 0 Å². The zero-order valence-corrected chi connectivity index (χ0v) is 13.1. The van der Waals surface area contributed by atoms with Crippen LogP contribution in [0.4, 0.5) is 5.82 Å². The van der Waals surface area contributed by atoms with Crippen molar-refractivity contribution in [1.82, 2.24) is 29.9 Å². The van der Waals surface area contributed by atoms with Gasteiger partial charge in [0, 0.05) is 37.1 Å². The number of nitrogens with zero attached hydrogens (tertiary/aromatic N) is 6. The molecule has 4 rings (SSSR count). The van der Waals surface area contributed by atoms with E-state index in [1.807, 2.05) is 24.7 Å². The quantitative estimate of drug-likeness (QED) is 0.788. The third-order valence-electron chi connectivity index (χ3n) is 4.38. The molecule has 1 N–H and O–H groups in total. The maximum absolute atomic E-state index is 4.77. The summed E-state index contributed by atoms with van der Waals surface area (Å²) < 4.78 is 1.75. The monoisotopic (exact) mass is 309 g/mol. The molecule has 0 unspecified atom stereocenters. The molecule has 3 aromatic heterocycles. The molecule has 3 aromatic rings. The van der Waals surface area contributed by atoms with E-state index in [0.717, 1.165) is 48.7 Å². The highest BCUT2D eigenvalue weighted by molar-refractivity contribution is 5.59. The second-order valence-electron chi connectivity index (χ2n) is 5.83. The molecule has 0 amide bonds. The number of hydrogen-bond acceptors (Lipinski definition) is 6. The van der Waals surface area contributed by atoms with Crippen molar-refractivity contribution >= 4 is 11.5 Å². The van der Waals surface area contributed by atoms with E-state index < -0.39 is 0 Å². The van der Waals surface area contributed by atoms with E-state index in [9.17, 15) is 0 Å². The largest absolute Gasteiger partial charge is 0.355 e. The van der Waals surface area contributed by atoms with Crippen LogP contribution in [0.5, 0.6) is 0 Å². The van der Waals surface area contributed by atoms with E-state index in [-0.39, 0.29) is 0 Å². The smallest absolute Gasteiger partial charge is 0.154 e. The number of anilines is 1. The Morgan fingerprint density at radius 1 is 1.22 bits per heavy atom. The van der Waals surface area contributed by atoms with Gasteiger partial charge in [0.1, 0.15) is 5.82 Å². The van der Waals surface area contributed by atoms with Crippen LogP contribution in [-0.2, 0) is 0 Å². The second kappa shape index (κ2) is 5.92. The van der Waals surface area contributed by atoms with Crippen LogP contribution in [0.25, 0.3) is 16.9 Å². The van der Waals surface area contributed by atoms with Gasteiger partial charge in [-0.3, -0.25) is 4.98 Å². The molecular formula is C16H19N7.